The summed E-state index contributed by atoms with van der Waals surface area (Å²) in [4.78, 5) is -0.0364. The van der Waals surface area contributed by atoms with Gasteiger partial charge in [0.2, 0.25) is 10.0 Å². The van der Waals surface area contributed by atoms with Crippen LogP contribution in [0.1, 0.15) is 5.56 Å². The molecule has 112 valence electrons. The minimum atomic E-state index is -3.84. The Hall–Kier alpha value is -1.51. The van der Waals surface area contributed by atoms with Crippen LogP contribution in [-0.4, -0.2) is 8.42 Å². The molecule has 3 N–H and O–H groups in total. The lowest BCUT2D eigenvalue weighted by atomic mass is 10.2. The van der Waals surface area contributed by atoms with Crippen molar-refractivity contribution in [2.45, 2.75) is 11.4 Å². The summed E-state index contributed by atoms with van der Waals surface area (Å²) in [5.41, 5.74) is 5.94. The van der Waals surface area contributed by atoms with Crippen molar-refractivity contribution >= 4 is 31.6 Å². The Morgan fingerprint density at radius 3 is 2.48 bits per heavy atom. The van der Waals surface area contributed by atoms with Gasteiger partial charge in [0.15, 0.2) is 0 Å². The first-order chi connectivity index (χ1) is 9.79. The van der Waals surface area contributed by atoms with Crippen molar-refractivity contribution in [1.82, 2.24) is 4.72 Å². The van der Waals surface area contributed by atoms with E-state index in [0.717, 1.165) is 6.07 Å². The zero-order valence-corrected chi connectivity index (χ0v) is 13.0. The molecule has 0 aliphatic rings. The van der Waals surface area contributed by atoms with Gasteiger partial charge in [-0.3, -0.25) is 0 Å². The summed E-state index contributed by atoms with van der Waals surface area (Å²) >= 11 is 3.16. The molecule has 0 bridgehead atoms. The zero-order chi connectivity index (χ0) is 15.6. The third-order valence-electron chi connectivity index (χ3n) is 2.75. The maximum Gasteiger partial charge on any atom is 0.240 e. The third-order valence-corrected chi connectivity index (χ3v) is 4.87. The fourth-order valence-corrected chi connectivity index (χ4v) is 2.90. The Morgan fingerprint density at radius 1 is 1.14 bits per heavy atom. The van der Waals surface area contributed by atoms with E-state index >= 15 is 0 Å². The van der Waals surface area contributed by atoms with Gasteiger partial charge < -0.3 is 5.73 Å². The molecule has 0 saturated heterocycles. The Kier molecular flexibility index (Phi) is 4.60. The van der Waals surface area contributed by atoms with Crippen LogP contribution in [0.3, 0.4) is 0 Å². The van der Waals surface area contributed by atoms with Crippen molar-refractivity contribution in [3.8, 4) is 0 Å². The standard InChI is InChI=1S/C13H11BrF2N2O2S/c14-11-4-3-10(6-13(11)17)21(19,20)18-7-8-1-2-9(15)5-12(8)16/h1-6,18H,7,17H2. The van der Waals surface area contributed by atoms with E-state index in [-0.39, 0.29) is 22.7 Å². The summed E-state index contributed by atoms with van der Waals surface area (Å²) in [5, 5.41) is 0. The number of hydrogen-bond donors (Lipinski definition) is 2. The van der Waals surface area contributed by atoms with Crippen LogP contribution in [0.15, 0.2) is 45.8 Å². The molecule has 0 atom stereocenters. The molecule has 0 heterocycles. The number of nitrogens with two attached hydrogens (primary N) is 1. The molecule has 2 rings (SSSR count). The van der Waals surface area contributed by atoms with E-state index in [0.29, 0.717) is 10.5 Å². The molecule has 0 aromatic heterocycles. The second-order valence-electron chi connectivity index (χ2n) is 4.24. The predicted octanol–water partition coefficient (Wildman–Crippen LogP) is 2.79. The Labute approximate surface area is 129 Å². The van der Waals surface area contributed by atoms with Crippen LogP contribution in [0, 0.1) is 11.6 Å². The van der Waals surface area contributed by atoms with Gasteiger partial charge in [-0.15, -0.1) is 0 Å². The largest absolute Gasteiger partial charge is 0.398 e. The molecule has 21 heavy (non-hydrogen) atoms. The summed E-state index contributed by atoms with van der Waals surface area (Å²) in [7, 11) is -3.84. The molecule has 0 aliphatic heterocycles. The van der Waals surface area contributed by atoms with Crippen molar-refractivity contribution in [2.75, 3.05) is 5.73 Å². The van der Waals surface area contributed by atoms with Crippen molar-refractivity contribution in [3.05, 3.63) is 58.1 Å². The summed E-state index contributed by atoms with van der Waals surface area (Å²) in [6.45, 7) is -0.287. The molecule has 0 fully saturated rings. The van der Waals surface area contributed by atoms with Crippen LogP contribution in [0.2, 0.25) is 0 Å². The van der Waals surface area contributed by atoms with Crippen molar-refractivity contribution in [2.24, 2.45) is 0 Å². The number of sulfonamides is 1. The fourth-order valence-electron chi connectivity index (χ4n) is 1.61. The minimum absolute atomic E-state index is 0.0364. The molecule has 0 saturated carbocycles. The van der Waals surface area contributed by atoms with Crippen LogP contribution >= 0.6 is 15.9 Å². The monoisotopic (exact) mass is 376 g/mol. The quantitative estimate of drug-likeness (QED) is 0.805. The molecule has 2 aromatic rings. The highest BCUT2D eigenvalue weighted by Gasteiger charge is 2.16. The van der Waals surface area contributed by atoms with Crippen LogP contribution < -0.4 is 10.5 Å². The number of halogens is 3. The average molecular weight is 377 g/mol. The van der Waals surface area contributed by atoms with E-state index in [2.05, 4.69) is 20.7 Å². The summed E-state index contributed by atoms with van der Waals surface area (Å²) in [6.07, 6.45) is 0. The minimum Gasteiger partial charge on any atom is -0.398 e. The van der Waals surface area contributed by atoms with Crippen molar-refractivity contribution in [3.63, 3.8) is 0 Å². The molecule has 0 amide bonds. The highest BCUT2D eigenvalue weighted by molar-refractivity contribution is 9.10. The van der Waals surface area contributed by atoms with Gasteiger partial charge in [-0.05, 0) is 40.2 Å². The van der Waals surface area contributed by atoms with Gasteiger partial charge in [0, 0.05) is 28.3 Å². The van der Waals surface area contributed by atoms with E-state index in [9.17, 15) is 17.2 Å². The normalized spacial score (nSPS) is 11.6. The smallest absolute Gasteiger partial charge is 0.240 e. The maximum atomic E-state index is 13.4. The maximum absolute atomic E-state index is 13.4. The molecule has 0 spiro atoms. The molecule has 2 aromatic carbocycles. The lowest BCUT2D eigenvalue weighted by molar-refractivity contribution is 0.562. The first kappa shape index (κ1) is 15.9. The van der Waals surface area contributed by atoms with E-state index in [1.54, 1.807) is 0 Å². The lowest BCUT2D eigenvalue weighted by Crippen LogP contribution is -2.23. The van der Waals surface area contributed by atoms with Crippen LogP contribution in [0.25, 0.3) is 0 Å². The van der Waals surface area contributed by atoms with Gasteiger partial charge in [-0.2, -0.15) is 0 Å². The van der Waals surface area contributed by atoms with Gasteiger partial charge >= 0.3 is 0 Å². The Balaban J connectivity index is 2.19. The van der Waals surface area contributed by atoms with Crippen LogP contribution in [0.4, 0.5) is 14.5 Å². The summed E-state index contributed by atoms with van der Waals surface area (Å²) in [6, 6.07) is 7.09. The van der Waals surface area contributed by atoms with Crippen LogP contribution in [0.5, 0.6) is 0 Å². The number of benzene rings is 2. The van der Waals surface area contributed by atoms with Gasteiger partial charge in [0.1, 0.15) is 11.6 Å². The third kappa shape index (κ3) is 3.78. The zero-order valence-electron chi connectivity index (χ0n) is 10.6. The molecule has 4 nitrogen and oxygen atoms in total. The second kappa shape index (κ2) is 6.08. The van der Waals surface area contributed by atoms with E-state index in [1.807, 2.05) is 0 Å². The van der Waals surface area contributed by atoms with E-state index < -0.39 is 21.7 Å². The van der Waals surface area contributed by atoms with Gasteiger partial charge in [-0.25, -0.2) is 21.9 Å². The van der Waals surface area contributed by atoms with E-state index in [4.69, 9.17) is 5.73 Å². The molecule has 0 aliphatic carbocycles. The molecule has 0 radical (unpaired) electrons. The van der Waals surface area contributed by atoms with Crippen molar-refractivity contribution < 1.29 is 17.2 Å². The highest BCUT2D eigenvalue weighted by Crippen LogP contribution is 2.23. The van der Waals surface area contributed by atoms with Crippen molar-refractivity contribution in [1.29, 1.82) is 0 Å². The second-order valence-corrected chi connectivity index (χ2v) is 6.86. The first-order valence-electron chi connectivity index (χ1n) is 5.78. The molecule has 8 heteroatoms. The van der Waals surface area contributed by atoms with E-state index in [1.165, 1.54) is 24.3 Å². The first-order valence-corrected chi connectivity index (χ1v) is 8.06. The SMILES string of the molecule is Nc1cc(S(=O)(=O)NCc2ccc(F)cc2F)ccc1Br. The highest BCUT2D eigenvalue weighted by atomic mass is 79.9. The molecule has 0 unspecified atom stereocenters. The lowest BCUT2D eigenvalue weighted by Gasteiger charge is -2.09. The van der Waals surface area contributed by atoms with Crippen LogP contribution in [-0.2, 0) is 16.6 Å². The number of hydrogen-bond acceptors (Lipinski definition) is 3. The Morgan fingerprint density at radius 2 is 1.86 bits per heavy atom. The number of nitrogens with one attached hydrogen (secondary N) is 1. The van der Waals surface area contributed by atoms with Gasteiger partial charge in [-0.1, -0.05) is 6.07 Å². The average Bonchev–Trinajstić information content (AvgIpc) is 2.40. The molecular weight excluding hydrogens is 366 g/mol. The van der Waals surface area contributed by atoms with Gasteiger partial charge in [0.25, 0.3) is 0 Å². The predicted molar refractivity (Wildman–Crippen MR) is 78.9 cm³/mol. The summed E-state index contributed by atoms with van der Waals surface area (Å²) in [5.74, 6) is -1.53. The summed E-state index contributed by atoms with van der Waals surface area (Å²) < 4.78 is 53.2. The molecular formula is C13H11BrF2N2O2S. The van der Waals surface area contributed by atoms with Gasteiger partial charge in [0.05, 0.1) is 4.90 Å². The fraction of sp³-hybridized carbons (Fsp3) is 0.0769. The number of rotatable bonds is 4. The number of anilines is 1. The topological polar surface area (TPSA) is 72.2 Å². The Bertz CT molecular complexity index is 782. The number of nitrogen functional groups attached to an aromatic ring is 1.